The number of pyridine rings is 1. The summed E-state index contributed by atoms with van der Waals surface area (Å²) in [4.78, 5) is 4.85. The van der Waals surface area contributed by atoms with Gasteiger partial charge in [-0.05, 0) is 41.5 Å². The number of rotatable bonds is 4. The van der Waals surface area contributed by atoms with Crippen molar-refractivity contribution in [3.05, 3.63) is 78.9 Å². The fourth-order valence-electron chi connectivity index (χ4n) is 3.77. The Labute approximate surface area is 169 Å². The minimum atomic E-state index is -3.56. The van der Waals surface area contributed by atoms with Crippen molar-refractivity contribution in [2.24, 2.45) is 0 Å². The van der Waals surface area contributed by atoms with Gasteiger partial charge in [-0.15, -0.1) is 0 Å². The van der Waals surface area contributed by atoms with Crippen LogP contribution in [-0.4, -0.2) is 36.9 Å². The fourth-order valence-corrected chi connectivity index (χ4v) is 5.30. The van der Waals surface area contributed by atoms with Crippen molar-refractivity contribution in [3.63, 3.8) is 0 Å². The van der Waals surface area contributed by atoms with Gasteiger partial charge < -0.3 is 4.74 Å². The summed E-state index contributed by atoms with van der Waals surface area (Å²) in [5.74, 6) is 0.527. The maximum Gasteiger partial charge on any atom is 0.243 e. The molecule has 1 fully saturated rings. The number of hydrogen-bond acceptors (Lipinski definition) is 4. The predicted octanol–water partition coefficient (Wildman–Crippen LogP) is 4.23. The first kappa shape index (κ1) is 18.1. The highest BCUT2D eigenvalue weighted by atomic mass is 32.2. The number of benzene rings is 3. The quantitative estimate of drug-likeness (QED) is 0.511. The summed E-state index contributed by atoms with van der Waals surface area (Å²) < 4.78 is 33.7. The average molecular weight is 404 g/mol. The van der Waals surface area contributed by atoms with Gasteiger partial charge >= 0.3 is 0 Å². The Bertz CT molecular complexity index is 1300. The molecule has 6 heteroatoms. The minimum Gasteiger partial charge on any atom is -0.473 e. The van der Waals surface area contributed by atoms with Gasteiger partial charge in [0.2, 0.25) is 15.9 Å². The third-order valence-electron chi connectivity index (χ3n) is 5.33. The first-order chi connectivity index (χ1) is 14.1. The van der Waals surface area contributed by atoms with Crippen molar-refractivity contribution in [2.45, 2.75) is 17.4 Å². The molecule has 2 heterocycles. The fraction of sp³-hybridized carbons (Fsp3) is 0.174. The summed E-state index contributed by atoms with van der Waals surface area (Å²) in [6, 6.07) is 24.7. The van der Waals surface area contributed by atoms with Crippen molar-refractivity contribution in [1.82, 2.24) is 9.29 Å². The lowest BCUT2D eigenvalue weighted by Gasteiger charge is -2.17. The Hall–Kier alpha value is -2.96. The summed E-state index contributed by atoms with van der Waals surface area (Å²) in [7, 11) is -3.56. The molecule has 0 bridgehead atoms. The van der Waals surface area contributed by atoms with E-state index in [2.05, 4.69) is 4.98 Å². The van der Waals surface area contributed by atoms with Crippen LogP contribution in [0.15, 0.2) is 83.8 Å². The zero-order chi connectivity index (χ0) is 19.8. The molecule has 0 amide bonds. The molecule has 1 saturated heterocycles. The van der Waals surface area contributed by atoms with Gasteiger partial charge in [0.1, 0.15) is 6.10 Å². The van der Waals surface area contributed by atoms with Crippen LogP contribution in [0, 0.1) is 0 Å². The monoisotopic (exact) mass is 404 g/mol. The molecule has 1 aromatic heterocycles. The molecule has 1 aliphatic rings. The maximum atomic E-state index is 13.1. The number of nitrogens with zero attached hydrogens (tertiary/aromatic N) is 2. The molecule has 29 heavy (non-hydrogen) atoms. The summed E-state index contributed by atoms with van der Waals surface area (Å²) in [6.45, 7) is 0.761. The van der Waals surface area contributed by atoms with Crippen LogP contribution in [0.4, 0.5) is 0 Å². The van der Waals surface area contributed by atoms with Crippen LogP contribution in [0.1, 0.15) is 6.42 Å². The van der Waals surface area contributed by atoms with Crippen molar-refractivity contribution in [1.29, 1.82) is 0 Å². The predicted molar refractivity (Wildman–Crippen MR) is 113 cm³/mol. The van der Waals surface area contributed by atoms with Gasteiger partial charge in [-0.3, -0.25) is 0 Å². The number of sulfonamides is 1. The first-order valence-corrected chi connectivity index (χ1v) is 11.0. The number of hydrogen-bond donors (Lipinski definition) is 0. The highest BCUT2D eigenvalue weighted by Crippen LogP contribution is 2.26. The first-order valence-electron chi connectivity index (χ1n) is 9.61. The second-order valence-corrected chi connectivity index (χ2v) is 9.18. The molecule has 4 aromatic rings. The molecule has 1 unspecified atom stereocenters. The van der Waals surface area contributed by atoms with Gasteiger partial charge in [-0.1, -0.05) is 48.5 Å². The highest BCUT2D eigenvalue weighted by Gasteiger charge is 2.34. The van der Waals surface area contributed by atoms with Crippen molar-refractivity contribution in [2.75, 3.05) is 13.1 Å². The van der Waals surface area contributed by atoms with Gasteiger partial charge in [0.25, 0.3) is 0 Å². The molecule has 146 valence electrons. The van der Waals surface area contributed by atoms with Gasteiger partial charge in [-0.2, -0.15) is 4.31 Å². The van der Waals surface area contributed by atoms with Crippen LogP contribution >= 0.6 is 0 Å². The van der Waals surface area contributed by atoms with Gasteiger partial charge in [-0.25, -0.2) is 13.4 Å². The molecule has 0 spiro atoms. The van der Waals surface area contributed by atoms with Gasteiger partial charge in [0, 0.05) is 18.0 Å². The number of ether oxygens (including phenoxy) is 1. The van der Waals surface area contributed by atoms with Crippen LogP contribution in [0.2, 0.25) is 0 Å². The molecule has 5 nitrogen and oxygen atoms in total. The molecule has 0 aliphatic carbocycles. The molecule has 0 N–H and O–H groups in total. The normalized spacial score (nSPS) is 17.7. The van der Waals surface area contributed by atoms with Gasteiger partial charge in [0.05, 0.1) is 17.0 Å². The van der Waals surface area contributed by atoms with Gasteiger partial charge in [0.15, 0.2) is 0 Å². The Kier molecular flexibility index (Phi) is 4.45. The number of aromatic nitrogens is 1. The second-order valence-electron chi connectivity index (χ2n) is 7.24. The summed E-state index contributed by atoms with van der Waals surface area (Å²) >= 11 is 0. The Balaban J connectivity index is 1.34. The van der Waals surface area contributed by atoms with Crippen LogP contribution in [0.5, 0.6) is 5.88 Å². The van der Waals surface area contributed by atoms with E-state index < -0.39 is 10.0 Å². The number of fused-ring (bicyclic) bond motifs is 2. The molecule has 0 saturated carbocycles. The summed E-state index contributed by atoms with van der Waals surface area (Å²) in [6.07, 6.45) is 0.431. The van der Waals surface area contributed by atoms with E-state index in [1.807, 2.05) is 66.7 Å². The molecule has 1 aliphatic heterocycles. The average Bonchev–Trinajstić information content (AvgIpc) is 3.22. The van der Waals surface area contributed by atoms with E-state index in [0.717, 1.165) is 21.7 Å². The van der Waals surface area contributed by atoms with E-state index >= 15 is 0 Å². The lowest BCUT2D eigenvalue weighted by molar-refractivity contribution is 0.207. The third-order valence-corrected chi connectivity index (χ3v) is 7.19. The van der Waals surface area contributed by atoms with E-state index in [1.165, 1.54) is 4.31 Å². The minimum absolute atomic E-state index is 0.209. The van der Waals surface area contributed by atoms with E-state index in [0.29, 0.717) is 30.3 Å². The van der Waals surface area contributed by atoms with Crippen LogP contribution in [0.25, 0.3) is 21.7 Å². The van der Waals surface area contributed by atoms with Crippen LogP contribution in [-0.2, 0) is 10.0 Å². The second kappa shape index (κ2) is 7.13. The molecule has 1 atom stereocenters. The van der Waals surface area contributed by atoms with E-state index in [4.69, 9.17) is 4.74 Å². The largest absolute Gasteiger partial charge is 0.473 e. The van der Waals surface area contributed by atoms with Crippen molar-refractivity contribution >= 4 is 31.7 Å². The molecular formula is C23H20N2O3S. The lowest BCUT2D eigenvalue weighted by Crippen LogP contribution is -2.31. The SMILES string of the molecule is O=S(=O)(c1ccc2ccccc2c1)N1CCC(Oc2ccc3ccccc3n2)C1. The van der Waals surface area contributed by atoms with Crippen molar-refractivity contribution in [3.8, 4) is 5.88 Å². The Morgan fingerprint density at radius 1 is 0.862 bits per heavy atom. The lowest BCUT2D eigenvalue weighted by atomic mass is 10.1. The van der Waals surface area contributed by atoms with E-state index in [1.54, 1.807) is 12.1 Å². The highest BCUT2D eigenvalue weighted by molar-refractivity contribution is 7.89. The maximum absolute atomic E-state index is 13.1. The zero-order valence-corrected chi connectivity index (χ0v) is 16.5. The Morgan fingerprint density at radius 3 is 2.45 bits per heavy atom. The molecule has 5 rings (SSSR count). The van der Waals surface area contributed by atoms with Crippen LogP contribution < -0.4 is 4.74 Å². The topological polar surface area (TPSA) is 59.5 Å². The third kappa shape index (κ3) is 3.45. The molecule has 3 aromatic carbocycles. The summed E-state index contributed by atoms with van der Waals surface area (Å²) in [5.41, 5.74) is 0.864. The van der Waals surface area contributed by atoms with Crippen molar-refractivity contribution < 1.29 is 13.2 Å². The van der Waals surface area contributed by atoms with E-state index in [9.17, 15) is 8.42 Å². The summed E-state index contributed by atoms with van der Waals surface area (Å²) in [5, 5.41) is 2.99. The smallest absolute Gasteiger partial charge is 0.243 e. The number of para-hydroxylation sites is 1. The van der Waals surface area contributed by atoms with E-state index in [-0.39, 0.29) is 6.10 Å². The molecular weight excluding hydrogens is 384 g/mol. The molecule has 0 radical (unpaired) electrons. The Morgan fingerprint density at radius 2 is 1.59 bits per heavy atom. The van der Waals surface area contributed by atoms with Crippen LogP contribution in [0.3, 0.4) is 0 Å². The zero-order valence-electron chi connectivity index (χ0n) is 15.7. The standard InChI is InChI=1S/C23H20N2O3S/c26-29(27,21-11-9-17-5-1-2-7-19(17)15-21)25-14-13-20(16-25)28-23-12-10-18-6-3-4-8-22(18)24-23/h1-12,15,20H,13-14,16H2.